The van der Waals surface area contributed by atoms with E-state index in [1.54, 1.807) is 0 Å². The maximum absolute atomic E-state index is 12.1. The van der Waals surface area contributed by atoms with E-state index in [0.29, 0.717) is 5.96 Å². The molecule has 0 unspecified atom stereocenters. The Labute approximate surface area is 155 Å². The summed E-state index contributed by atoms with van der Waals surface area (Å²) in [5, 5.41) is 15.2. The molecule has 0 radical (unpaired) electrons. The van der Waals surface area contributed by atoms with Crippen molar-refractivity contribution in [2.45, 2.75) is 58.4 Å². The average Bonchev–Trinajstić information content (AvgIpc) is 3.25. The van der Waals surface area contributed by atoms with Crippen molar-refractivity contribution >= 4 is 11.9 Å². The third kappa shape index (κ3) is 4.95. The molecule has 8 nitrogen and oxygen atoms in total. The van der Waals surface area contributed by atoms with Gasteiger partial charge in [-0.1, -0.05) is 6.42 Å². The fraction of sp³-hybridized carbons (Fsp3) is 0.778. The number of hydrogen-bond donors (Lipinski definition) is 2. The molecule has 3 heterocycles. The lowest BCUT2D eigenvalue weighted by molar-refractivity contribution is -0.128. The number of rotatable bonds is 6. The number of likely N-dealkylation sites (tertiary alicyclic amines) is 1. The van der Waals surface area contributed by atoms with E-state index < -0.39 is 0 Å². The van der Waals surface area contributed by atoms with Crippen molar-refractivity contribution in [3.05, 3.63) is 11.6 Å². The average molecular weight is 361 g/mol. The minimum atomic E-state index is 0.113. The summed E-state index contributed by atoms with van der Waals surface area (Å²) in [5.41, 5.74) is 0. The van der Waals surface area contributed by atoms with E-state index >= 15 is 0 Å². The summed E-state index contributed by atoms with van der Waals surface area (Å²) in [4.78, 5) is 18.5. The minimum Gasteiger partial charge on any atom is -0.357 e. The van der Waals surface area contributed by atoms with E-state index in [4.69, 9.17) is 0 Å². The lowest BCUT2D eigenvalue weighted by Crippen LogP contribution is -2.40. The Hall–Kier alpha value is -2.12. The molecule has 1 aromatic heterocycles. The number of carbonyl (C=O) groups is 1. The Morgan fingerprint density at radius 1 is 1.08 bits per heavy atom. The topological polar surface area (TPSA) is 87.4 Å². The monoisotopic (exact) mass is 361 g/mol. The zero-order valence-electron chi connectivity index (χ0n) is 15.8. The van der Waals surface area contributed by atoms with Gasteiger partial charge in [-0.3, -0.25) is 4.79 Å². The number of carbonyl (C=O) groups excluding carboxylic acids is 1. The van der Waals surface area contributed by atoms with Crippen molar-refractivity contribution in [2.75, 3.05) is 32.7 Å². The van der Waals surface area contributed by atoms with Crippen molar-refractivity contribution < 1.29 is 4.79 Å². The number of aryl methyl sites for hydroxylation is 1. The highest BCUT2D eigenvalue weighted by molar-refractivity contribution is 5.85. The molecule has 0 saturated carbocycles. The number of fused-ring (bicyclic) bond motifs is 1. The summed E-state index contributed by atoms with van der Waals surface area (Å²) < 4.78 is 2.27. The van der Waals surface area contributed by atoms with Gasteiger partial charge in [-0.2, -0.15) is 0 Å². The first-order valence-corrected chi connectivity index (χ1v) is 9.99. The Morgan fingerprint density at radius 2 is 1.88 bits per heavy atom. The van der Waals surface area contributed by atoms with Gasteiger partial charge in [0.2, 0.25) is 5.91 Å². The number of nitrogens with one attached hydrogen (secondary N) is 2. The molecule has 2 aliphatic rings. The van der Waals surface area contributed by atoms with E-state index in [9.17, 15) is 4.79 Å². The van der Waals surface area contributed by atoms with E-state index in [-0.39, 0.29) is 12.5 Å². The van der Waals surface area contributed by atoms with Crippen LogP contribution in [0, 0.1) is 0 Å². The fourth-order valence-corrected chi connectivity index (χ4v) is 3.58. The molecular formula is C18H31N7O. The second kappa shape index (κ2) is 9.54. The van der Waals surface area contributed by atoms with Crippen LogP contribution in [0.25, 0.3) is 0 Å². The van der Waals surface area contributed by atoms with Gasteiger partial charge in [0.15, 0.2) is 5.96 Å². The van der Waals surface area contributed by atoms with Crippen LogP contribution in [-0.2, 0) is 24.2 Å². The van der Waals surface area contributed by atoms with Crippen LogP contribution in [0.15, 0.2) is 4.99 Å². The summed E-state index contributed by atoms with van der Waals surface area (Å²) in [5.74, 6) is 2.96. The van der Waals surface area contributed by atoms with Crippen LogP contribution in [0.2, 0.25) is 0 Å². The Kier molecular flexibility index (Phi) is 6.85. The van der Waals surface area contributed by atoms with Crippen LogP contribution in [-0.4, -0.2) is 64.3 Å². The first kappa shape index (κ1) is 18.7. The van der Waals surface area contributed by atoms with Crippen molar-refractivity contribution in [1.29, 1.82) is 0 Å². The van der Waals surface area contributed by atoms with Gasteiger partial charge in [-0.15, -0.1) is 10.2 Å². The molecule has 144 valence electrons. The smallest absolute Gasteiger partial charge is 0.244 e. The maximum atomic E-state index is 12.1. The maximum Gasteiger partial charge on any atom is 0.244 e. The van der Waals surface area contributed by atoms with Crippen molar-refractivity contribution in [3.63, 3.8) is 0 Å². The quantitative estimate of drug-likeness (QED) is 0.576. The molecule has 2 N–H and O–H groups in total. The van der Waals surface area contributed by atoms with Crippen molar-refractivity contribution in [3.8, 4) is 0 Å². The zero-order chi connectivity index (χ0) is 18.2. The first-order chi connectivity index (χ1) is 12.8. The molecule has 1 saturated heterocycles. The van der Waals surface area contributed by atoms with E-state index in [0.717, 1.165) is 70.1 Å². The lowest BCUT2D eigenvalue weighted by Gasteiger charge is -2.15. The van der Waals surface area contributed by atoms with Crippen LogP contribution in [0.3, 0.4) is 0 Å². The van der Waals surface area contributed by atoms with Gasteiger partial charge in [-0.25, -0.2) is 4.99 Å². The van der Waals surface area contributed by atoms with Crippen LogP contribution in [0.5, 0.6) is 0 Å². The number of nitrogens with zero attached hydrogens (tertiary/aromatic N) is 5. The molecule has 0 atom stereocenters. The summed E-state index contributed by atoms with van der Waals surface area (Å²) in [6.45, 7) is 6.49. The van der Waals surface area contributed by atoms with Crippen LogP contribution in [0.1, 0.15) is 50.7 Å². The highest BCUT2D eigenvalue weighted by atomic mass is 16.2. The largest absolute Gasteiger partial charge is 0.357 e. The van der Waals surface area contributed by atoms with Gasteiger partial charge in [-0.05, 0) is 32.6 Å². The molecule has 1 amide bonds. The predicted molar refractivity (Wildman–Crippen MR) is 101 cm³/mol. The molecule has 26 heavy (non-hydrogen) atoms. The molecule has 0 bridgehead atoms. The highest BCUT2D eigenvalue weighted by Crippen LogP contribution is 2.14. The number of aliphatic imine (C=N–C) groups is 1. The molecule has 1 aromatic rings. The summed E-state index contributed by atoms with van der Waals surface area (Å²) in [7, 11) is 0. The number of guanidine groups is 1. The molecule has 0 spiro atoms. The lowest BCUT2D eigenvalue weighted by atomic mass is 10.2. The minimum absolute atomic E-state index is 0.113. The fourth-order valence-electron chi connectivity index (χ4n) is 3.58. The van der Waals surface area contributed by atoms with Crippen molar-refractivity contribution in [2.24, 2.45) is 4.99 Å². The Morgan fingerprint density at radius 3 is 2.69 bits per heavy atom. The predicted octanol–water partition coefficient (Wildman–Crippen LogP) is 0.725. The molecule has 8 heteroatoms. The number of aromatic nitrogens is 3. The molecule has 2 aliphatic heterocycles. The summed E-state index contributed by atoms with van der Waals surface area (Å²) in [6, 6.07) is 0. The SMILES string of the molecule is CCNC(=NCC(=O)N1CCCC1)NCCc1nnc2n1CCCCC2. The van der Waals surface area contributed by atoms with Gasteiger partial charge >= 0.3 is 0 Å². The Bertz CT molecular complexity index is 619. The molecule has 3 rings (SSSR count). The Balaban J connectivity index is 1.50. The zero-order valence-corrected chi connectivity index (χ0v) is 15.8. The number of amides is 1. The third-order valence-electron chi connectivity index (χ3n) is 5.00. The first-order valence-electron chi connectivity index (χ1n) is 9.99. The molecule has 1 fully saturated rings. The van der Waals surface area contributed by atoms with Gasteiger partial charge < -0.3 is 20.1 Å². The third-order valence-corrected chi connectivity index (χ3v) is 5.00. The van der Waals surface area contributed by atoms with Crippen molar-refractivity contribution in [1.82, 2.24) is 30.3 Å². The summed E-state index contributed by atoms with van der Waals surface area (Å²) in [6.07, 6.45) is 7.73. The highest BCUT2D eigenvalue weighted by Gasteiger charge is 2.17. The molecule has 0 aromatic carbocycles. The second-order valence-electron chi connectivity index (χ2n) is 6.95. The van der Waals surface area contributed by atoms with Crippen LogP contribution in [0.4, 0.5) is 0 Å². The number of hydrogen-bond acceptors (Lipinski definition) is 4. The standard InChI is InChI=1S/C18H31N7O/c1-2-19-18(21-14-17(26)24-11-6-7-12-24)20-10-9-16-23-22-15-8-4-3-5-13-25(15)16/h2-14H2,1H3,(H2,19,20,21). The van der Waals surface area contributed by atoms with E-state index in [2.05, 4.69) is 30.4 Å². The van der Waals surface area contributed by atoms with Gasteiger partial charge in [0.1, 0.15) is 18.2 Å². The van der Waals surface area contributed by atoms with Gasteiger partial charge in [0.05, 0.1) is 0 Å². The second-order valence-corrected chi connectivity index (χ2v) is 6.95. The van der Waals surface area contributed by atoms with Crippen LogP contribution >= 0.6 is 0 Å². The van der Waals surface area contributed by atoms with E-state index in [1.807, 2.05) is 11.8 Å². The van der Waals surface area contributed by atoms with Gasteiger partial charge in [0, 0.05) is 45.6 Å². The normalized spacial score (nSPS) is 17.7. The van der Waals surface area contributed by atoms with Crippen LogP contribution < -0.4 is 10.6 Å². The van der Waals surface area contributed by atoms with Gasteiger partial charge in [0.25, 0.3) is 0 Å². The molecule has 0 aliphatic carbocycles. The molecular weight excluding hydrogens is 330 g/mol. The summed E-state index contributed by atoms with van der Waals surface area (Å²) >= 11 is 0. The van der Waals surface area contributed by atoms with E-state index in [1.165, 1.54) is 19.3 Å².